The maximum atomic E-state index is 12.6. The van der Waals surface area contributed by atoms with E-state index in [1.54, 1.807) is 21.5 Å². The molecule has 4 aromatic rings. The van der Waals surface area contributed by atoms with E-state index in [0.29, 0.717) is 29.7 Å². The number of hydrogen-bond donors (Lipinski definition) is 1. The van der Waals surface area contributed by atoms with Crippen molar-refractivity contribution in [2.24, 2.45) is 0 Å². The van der Waals surface area contributed by atoms with Crippen LogP contribution in [0.2, 0.25) is 0 Å². The van der Waals surface area contributed by atoms with Crippen LogP contribution in [-0.2, 0) is 11.3 Å². The minimum atomic E-state index is 0.0432. The summed E-state index contributed by atoms with van der Waals surface area (Å²) < 4.78 is 3.32. The lowest BCUT2D eigenvalue weighted by Gasteiger charge is -2.27. The summed E-state index contributed by atoms with van der Waals surface area (Å²) in [6, 6.07) is 13.7. The van der Waals surface area contributed by atoms with Crippen LogP contribution in [0.4, 0.5) is 0 Å². The van der Waals surface area contributed by atoms with Crippen molar-refractivity contribution in [2.75, 3.05) is 26.2 Å². The molecular formula is C24H20N8OS. The number of amides is 1. The predicted octanol–water partition coefficient (Wildman–Crippen LogP) is 2.52. The summed E-state index contributed by atoms with van der Waals surface area (Å²) in [7, 11) is 0. The van der Waals surface area contributed by atoms with Gasteiger partial charge in [0.25, 0.3) is 0 Å². The zero-order chi connectivity index (χ0) is 23.5. The minimum absolute atomic E-state index is 0.0432. The van der Waals surface area contributed by atoms with Gasteiger partial charge in [-0.05, 0) is 18.2 Å². The van der Waals surface area contributed by atoms with Gasteiger partial charge in [0.2, 0.25) is 5.91 Å². The first-order valence-electron chi connectivity index (χ1n) is 10.8. The van der Waals surface area contributed by atoms with Gasteiger partial charge >= 0.3 is 0 Å². The molecule has 5 rings (SSSR count). The quantitative estimate of drug-likeness (QED) is 0.479. The molecule has 1 saturated heterocycles. The fourth-order valence-corrected chi connectivity index (χ4v) is 5.01. The first-order valence-corrected chi connectivity index (χ1v) is 11.6. The van der Waals surface area contributed by atoms with E-state index in [1.165, 1.54) is 18.0 Å². The zero-order valence-corrected chi connectivity index (χ0v) is 19.0. The second-order valence-electron chi connectivity index (χ2n) is 7.82. The van der Waals surface area contributed by atoms with Gasteiger partial charge in [-0.1, -0.05) is 23.9 Å². The van der Waals surface area contributed by atoms with Crippen LogP contribution < -0.4 is 5.32 Å². The summed E-state index contributed by atoms with van der Waals surface area (Å²) in [6.45, 7) is 3.20. The molecule has 1 amide bonds. The van der Waals surface area contributed by atoms with Crippen LogP contribution in [0.15, 0.2) is 64.9 Å². The normalized spacial score (nSPS) is 13.5. The number of benzene rings is 1. The number of pyridine rings is 1. The predicted molar refractivity (Wildman–Crippen MR) is 126 cm³/mol. The fourth-order valence-electron chi connectivity index (χ4n) is 3.92. The molecule has 0 spiro atoms. The first kappa shape index (κ1) is 21.7. The van der Waals surface area contributed by atoms with Crippen molar-refractivity contribution in [1.29, 1.82) is 10.5 Å². The van der Waals surface area contributed by atoms with Gasteiger partial charge in [0, 0.05) is 59.5 Å². The average Bonchev–Trinajstić information content (AvgIpc) is 3.52. The number of hydrogen-bond acceptors (Lipinski definition) is 7. The maximum absolute atomic E-state index is 12.6. The Hall–Kier alpha value is -4.12. The number of aromatic nitrogens is 4. The standard InChI is InChI=1S/C24H20N8OS/c25-10-17-3-1-2-4-21(17)34-22-9-18(15-32-24(22)19(11-26)12-29-32)20-13-28-31(14-20)16-23(33)30-7-5-27-6-8-30/h1-4,9,12-15,27H,5-8,16H2. The van der Waals surface area contributed by atoms with Crippen LogP contribution in [0.5, 0.6) is 0 Å². The molecule has 1 aliphatic heterocycles. The summed E-state index contributed by atoms with van der Waals surface area (Å²) in [5.74, 6) is 0.0432. The summed E-state index contributed by atoms with van der Waals surface area (Å²) in [6.07, 6.45) is 6.94. The minimum Gasteiger partial charge on any atom is -0.339 e. The summed E-state index contributed by atoms with van der Waals surface area (Å²) in [4.78, 5) is 16.1. The number of carbonyl (C=O) groups excluding carboxylic acids is 1. The lowest BCUT2D eigenvalue weighted by Crippen LogP contribution is -2.47. The largest absolute Gasteiger partial charge is 0.339 e. The smallest absolute Gasteiger partial charge is 0.244 e. The van der Waals surface area contributed by atoms with E-state index in [0.717, 1.165) is 34.0 Å². The van der Waals surface area contributed by atoms with E-state index in [4.69, 9.17) is 0 Å². The highest BCUT2D eigenvalue weighted by molar-refractivity contribution is 7.99. The monoisotopic (exact) mass is 468 g/mol. The van der Waals surface area contributed by atoms with E-state index in [1.807, 2.05) is 41.6 Å². The summed E-state index contributed by atoms with van der Waals surface area (Å²) >= 11 is 1.42. The molecule has 4 heterocycles. The lowest BCUT2D eigenvalue weighted by molar-refractivity contribution is -0.132. The third-order valence-electron chi connectivity index (χ3n) is 5.66. The van der Waals surface area contributed by atoms with Crippen molar-refractivity contribution in [3.05, 3.63) is 66.2 Å². The zero-order valence-electron chi connectivity index (χ0n) is 18.2. The Morgan fingerprint density at radius 3 is 2.59 bits per heavy atom. The Balaban J connectivity index is 1.48. The van der Waals surface area contributed by atoms with Crippen LogP contribution in [0, 0.1) is 22.7 Å². The third-order valence-corrected chi connectivity index (χ3v) is 6.77. The molecule has 0 unspecified atom stereocenters. The van der Waals surface area contributed by atoms with Crippen molar-refractivity contribution < 1.29 is 4.79 Å². The van der Waals surface area contributed by atoms with Crippen LogP contribution >= 0.6 is 11.8 Å². The molecule has 168 valence electrons. The van der Waals surface area contributed by atoms with E-state index in [2.05, 4.69) is 27.7 Å². The molecule has 0 aliphatic carbocycles. The molecule has 1 aliphatic rings. The van der Waals surface area contributed by atoms with Crippen molar-refractivity contribution >= 4 is 23.2 Å². The van der Waals surface area contributed by atoms with E-state index in [9.17, 15) is 15.3 Å². The molecule has 1 N–H and O–H groups in total. The van der Waals surface area contributed by atoms with E-state index < -0.39 is 0 Å². The molecule has 9 nitrogen and oxygen atoms in total. The number of nitrogens with zero attached hydrogens (tertiary/aromatic N) is 7. The summed E-state index contributed by atoms with van der Waals surface area (Å²) in [5, 5.41) is 31.1. The second-order valence-corrected chi connectivity index (χ2v) is 8.91. The van der Waals surface area contributed by atoms with E-state index in [-0.39, 0.29) is 12.5 Å². The highest BCUT2D eigenvalue weighted by Gasteiger charge is 2.18. The number of nitriles is 2. The molecule has 0 bridgehead atoms. The Bertz CT molecular complexity index is 1450. The van der Waals surface area contributed by atoms with Gasteiger partial charge in [-0.2, -0.15) is 20.7 Å². The van der Waals surface area contributed by atoms with Crippen LogP contribution in [-0.4, -0.2) is 56.4 Å². The maximum Gasteiger partial charge on any atom is 0.244 e. The number of nitrogens with one attached hydrogen (secondary N) is 1. The van der Waals surface area contributed by atoms with Crippen LogP contribution in [0.3, 0.4) is 0 Å². The molecule has 0 atom stereocenters. The highest BCUT2D eigenvalue weighted by Crippen LogP contribution is 2.37. The molecule has 1 fully saturated rings. The van der Waals surface area contributed by atoms with Gasteiger partial charge in [0.1, 0.15) is 18.7 Å². The number of carbonyl (C=O) groups is 1. The molecule has 1 aromatic carbocycles. The molecular weight excluding hydrogens is 448 g/mol. The Morgan fingerprint density at radius 2 is 1.79 bits per heavy atom. The van der Waals surface area contributed by atoms with Crippen molar-refractivity contribution in [1.82, 2.24) is 29.6 Å². The summed E-state index contributed by atoms with van der Waals surface area (Å²) in [5.41, 5.74) is 3.39. The van der Waals surface area contributed by atoms with Crippen LogP contribution in [0.25, 0.3) is 16.6 Å². The number of rotatable bonds is 5. The van der Waals surface area contributed by atoms with Gasteiger partial charge in [0.15, 0.2) is 0 Å². The molecule has 0 saturated carbocycles. The molecule has 3 aromatic heterocycles. The van der Waals surface area contributed by atoms with Crippen molar-refractivity contribution in [3.8, 4) is 23.3 Å². The van der Waals surface area contributed by atoms with Gasteiger partial charge in [-0.25, -0.2) is 4.52 Å². The first-order chi connectivity index (χ1) is 16.7. The lowest BCUT2D eigenvalue weighted by atomic mass is 10.1. The number of fused-ring (bicyclic) bond motifs is 1. The van der Waals surface area contributed by atoms with Gasteiger partial charge in [-0.15, -0.1) is 0 Å². The Kier molecular flexibility index (Phi) is 6.00. The average molecular weight is 469 g/mol. The third kappa shape index (κ3) is 4.25. The molecule has 10 heteroatoms. The second kappa shape index (κ2) is 9.40. The fraction of sp³-hybridized carbons (Fsp3) is 0.208. The number of piperazine rings is 1. The Labute approximate surface area is 200 Å². The topological polar surface area (TPSA) is 115 Å². The van der Waals surface area contributed by atoms with Crippen LogP contribution in [0.1, 0.15) is 11.1 Å². The van der Waals surface area contributed by atoms with E-state index >= 15 is 0 Å². The molecule has 34 heavy (non-hydrogen) atoms. The van der Waals surface area contributed by atoms with Gasteiger partial charge in [-0.3, -0.25) is 9.48 Å². The highest BCUT2D eigenvalue weighted by atomic mass is 32.2. The van der Waals surface area contributed by atoms with Gasteiger partial charge < -0.3 is 10.2 Å². The van der Waals surface area contributed by atoms with Gasteiger partial charge in [0.05, 0.1) is 29.0 Å². The van der Waals surface area contributed by atoms with Crippen molar-refractivity contribution in [2.45, 2.75) is 16.3 Å². The SMILES string of the molecule is N#Cc1ccccc1Sc1cc(-c2cnn(CC(=O)N3CCNCC3)c2)cn2ncc(C#N)c12. The Morgan fingerprint density at radius 1 is 1.00 bits per heavy atom. The molecule has 0 radical (unpaired) electrons. The van der Waals surface area contributed by atoms with Crippen molar-refractivity contribution in [3.63, 3.8) is 0 Å².